The highest BCUT2D eigenvalue weighted by molar-refractivity contribution is 6.30. The number of rotatable bonds is 3. The summed E-state index contributed by atoms with van der Waals surface area (Å²) in [6, 6.07) is 10.9. The summed E-state index contributed by atoms with van der Waals surface area (Å²) in [6.45, 7) is 2.83. The number of ether oxygens (including phenoxy) is 1. The minimum atomic E-state index is -1.07. The Morgan fingerprint density at radius 3 is 2.87 bits per heavy atom. The smallest absolute Gasteiger partial charge is 0.319 e. The number of pyridine rings is 1. The molecular formula is C22H21ClFN3O3. The van der Waals surface area contributed by atoms with Crippen LogP contribution in [0.5, 0.6) is 5.75 Å². The van der Waals surface area contributed by atoms with Crippen LogP contribution < -0.4 is 20.9 Å². The van der Waals surface area contributed by atoms with E-state index in [1.165, 1.54) is 6.07 Å². The van der Waals surface area contributed by atoms with E-state index >= 15 is 0 Å². The number of aromatic nitrogens is 1. The maximum absolute atomic E-state index is 13.7. The lowest BCUT2D eigenvalue weighted by atomic mass is 9.89. The molecule has 4 rings (SSSR count). The summed E-state index contributed by atoms with van der Waals surface area (Å²) in [7, 11) is 0. The summed E-state index contributed by atoms with van der Waals surface area (Å²) in [5.41, 5.74) is 1.52. The van der Waals surface area contributed by atoms with Gasteiger partial charge in [0.15, 0.2) is 0 Å². The molecule has 0 saturated heterocycles. The predicted molar refractivity (Wildman–Crippen MR) is 115 cm³/mol. The molecule has 156 valence electrons. The molecule has 2 heterocycles. The van der Waals surface area contributed by atoms with Crippen LogP contribution >= 0.6 is 11.6 Å². The summed E-state index contributed by atoms with van der Waals surface area (Å²) >= 11 is 6.06. The van der Waals surface area contributed by atoms with E-state index in [2.05, 4.69) is 15.6 Å². The van der Waals surface area contributed by atoms with Gasteiger partial charge in [0.05, 0.1) is 17.2 Å². The normalized spacial score (nSPS) is 20.3. The molecule has 0 aliphatic carbocycles. The zero-order chi connectivity index (χ0) is 21.5. The molecule has 0 spiro atoms. The van der Waals surface area contributed by atoms with Gasteiger partial charge in [-0.3, -0.25) is 4.79 Å². The highest BCUT2D eigenvalue weighted by Gasteiger charge is 2.38. The quantitative estimate of drug-likeness (QED) is 0.555. The number of alkyl halides is 1. The number of hydrogen-bond donors (Lipinski definition) is 3. The van der Waals surface area contributed by atoms with Gasteiger partial charge >= 0.3 is 6.03 Å². The van der Waals surface area contributed by atoms with E-state index in [0.717, 1.165) is 16.5 Å². The van der Waals surface area contributed by atoms with Crippen molar-refractivity contribution >= 4 is 34.2 Å². The van der Waals surface area contributed by atoms with E-state index in [1.54, 1.807) is 37.3 Å². The van der Waals surface area contributed by atoms with Gasteiger partial charge in [0.25, 0.3) is 0 Å². The molecule has 0 saturated carbocycles. The van der Waals surface area contributed by atoms with Crippen LogP contribution in [-0.2, 0) is 0 Å². The first-order chi connectivity index (χ1) is 14.3. The first kappa shape index (κ1) is 20.2. The molecule has 3 aromatic rings. The van der Waals surface area contributed by atoms with Crippen LogP contribution in [-0.4, -0.2) is 23.3 Å². The third-order valence-corrected chi connectivity index (χ3v) is 5.52. The lowest BCUT2D eigenvalue weighted by Crippen LogP contribution is -2.45. The summed E-state index contributed by atoms with van der Waals surface area (Å²) in [6.07, 6.45) is 0.271. The van der Waals surface area contributed by atoms with Crippen molar-refractivity contribution in [3.05, 3.63) is 69.0 Å². The second-order valence-electron chi connectivity index (χ2n) is 7.76. The standard InChI is InChI=1S/C22H21ClFN3O3/c1-12-3-7-16-15(6-8-19(28)25-16)20(12)27-21(29)26-17-10-22(2,11-24)30-18-9-13(23)4-5-14(17)18/h3-9,17H,10-11H2,1-2H3,(H,25,28)(H2,26,27,29)/t17-,22-/m1/s1. The molecule has 8 heteroatoms. The van der Waals surface area contributed by atoms with E-state index in [0.29, 0.717) is 22.0 Å². The monoisotopic (exact) mass is 429 g/mol. The van der Waals surface area contributed by atoms with Gasteiger partial charge in [0.2, 0.25) is 5.56 Å². The lowest BCUT2D eigenvalue weighted by Gasteiger charge is -2.38. The number of urea groups is 1. The first-order valence-electron chi connectivity index (χ1n) is 9.52. The molecule has 1 aromatic heterocycles. The molecule has 1 aliphatic rings. The molecule has 6 nitrogen and oxygen atoms in total. The highest BCUT2D eigenvalue weighted by atomic mass is 35.5. The molecule has 2 atom stereocenters. The molecule has 0 unspecified atom stereocenters. The summed E-state index contributed by atoms with van der Waals surface area (Å²) < 4.78 is 19.5. The number of benzene rings is 2. The number of carbonyl (C=O) groups excluding carboxylic acids is 1. The topological polar surface area (TPSA) is 83.2 Å². The second-order valence-corrected chi connectivity index (χ2v) is 8.20. The van der Waals surface area contributed by atoms with Crippen LogP contribution in [0.4, 0.5) is 14.9 Å². The van der Waals surface area contributed by atoms with Crippen LogP contribution in [0.3, 0.4) is 0 Å². The number of anilines is 1. The number of fused-ring (bicyclic) bond motifs is 2. The van der Waals surface area contributed by atoms with Gasteiger partial charge in [0, 0.05) is 28.5 Å². The number of aromatic amines is 1. The van der Waals surface area contributed by atoms with Crippen LogP contribution in [0.15, 0.2) is 47.3 Å². The zero-order valence-corrected chi connectivity index (χ0v) is 17.3. The predicted octanol–water partition coefficient (Wildman–Crippen LogP) is 4.86. The fraction of sp³-hybridized carbons (Fsp3) is 0.273. The molecule has 0 radical (unpaired) electrons. The number of H-pyrrole nitrogens is 1. The molecule has 2 amide bonds. The van der Waals surface area contributed by atoms with Gasteiger partial charge in [-0.25, -0.2) is 9.18 Å². The Bertz CT molecular complexity index is 1200. The maximum atomic E-state index is 13.7. The summed E-state index contributed by atoms with van der Waals surface area (Å²) in [5, 5.41) is 6.99. The minimum Gasteiger partial charge on any atom is -0.484 e. The van der Waals surface area contributed by atoms with Gasteiger partial charge in [-0.05, 0) is 43.7 Å². The number of carbonyl (C=O) groups is 1. The van der Waals surface area contributed by atoms with Gasteiger partial charge in [-0.2, -0.15) is 0 Å². The zero-order valence-electron chi connectivity index (χ0n) is 16.5. The number of aryl methyl sites for hydroxylation is 1. The number of nitrogens with one attached hydrogen (secondary N) is 3. The fourth-order valence-electron chi connectivity index (χ4n) is 3.76. The largest absolute Gasteiger partial charge is 0.484 e. The van der Waals surface area contributed by atoms with E-state index in [9.17, 15) is 14.0 Å². The van der Waals surface area contributed by atoms with Crippen LogP contribution in [0.25, 0.3) is 10.9 Å². The minimum absolute atomic E-state index is 0.218. The Hall–Kier alpha value is -3.06. The molecule has 1 aliphatic heterocycles. The highest BCUT2D eigenvalue weighted by Crippen LogP contribution is 2.41. The average Bonchev–Trinajstić information content (AvgIpc) is 2.69. The lowest BCUT2D eigenvalue weighted by molar-refractivity contribution is 0.0263. The maximum Gasteiger partial charge on any atom is 0.319 e. The molecule has 30 heavy (non-hydrogen) atoms. The number of amides is 2. The van der Waals surface area contributed by atoms with Crippen LogP contribution in [0.2, 0.25) is 5.02 Å². The third-order valence-electron chi connectivity index (χ3n) is 5.28. The Morgan fingerprint density at radius 2 is 2.10 bits per heavy atom. The van der Waals surface area contributed by atoms with E-state index in [1.807, 2.05) is 13.0 Å². The SMILES string of the molecule is Cc1ccc2[nH]c(=O)ccc2c1NC(=O)N[C@@H]1C[C@](C)(CF)Oc2cc(Cl)ccc21. The van der Waals surface area contributed by atoms with Gasteiger partial charge < -0.3 is 20.4 Å². The van der Waals surface area contributed by atoms with Crippen molar-refractivity contribution in [2.45, 2.75) is 31.9 Å². The van der Waals surface area contributed by atoms with Crippen molar-refractivity contribution in [1.29, 1.82) is 0 Å². The van der Waals surface area contributed by atoms with Crippen LogP contribution in [0.1, 0.15) is 30.5 Å². The van der Waals surface area contributed by atoms with Crippen LogP contribution in [0, 0.1) is 6.92 Å². The van der Waals surface area contributed by atoms with Crippen molar-refractivity contribution in [2.75, 3.05) is 12.0 Å². The van der Waals surface area contributed by atoms with E-state index in [-0.39, 0.29) is 12.0 Å². The fourth-order valence-corrected chi connectivity index (χ4v) is 3.92. The second kappa shape index (κ2) is 7.65. The van der Waals surface area contributed by atoms with Crippen molar-refractivity contribution < 1.29 is 13.9 Å². The summed E-state index contributed by atoms with van der Waals surface area (Å²) in [5.74, 6) is 0.457. The average molecular weight is 430 g/mol. The van der Waals surface area contributed by atoms with E-state index in [4.69, 9.17) is 16.3 Å². The molecular weight excluding hydrogens is 409 g/mol. The van der Waals surface area contributed by atoms with Crippen molar-refractivity contribution in [1.82, 2.24) is 10.3 Å². The van der Waals surface area contributed by atoms with Crippen molar-refractivity contribution in [3.8, 4) is 5.75 Å². The Kier molecular flexibility index (Phi) is 5.15. The number of hydrogen-bond acceptors (Lipinski definition) is 3. The summed E-state index contributed by atoms with van der Waals surface area (Å²) in [4.78, 5) is 27.2. The first-order valence-corrected chi connectivity index (χ1v) is 9.90. The third kappa shape index (κ3) is 3.85. The molecule has 0 bridgehead atoms. The van der Waals surface area contributed by atoms with Gasteiger partial charge in [0.1, 0.15) is 18.0 Å². The molecule has 0 fully saturated rings. The Balaban J connectivity index is 1.63. The number of halogens is 2. The van der Waals surface area contributed by atoms with Gasteiger partial charge in [-0.15, -0.1) is 0 Å². The van der Waals surface area contributed by atoms with E-state index < -0.39 is 24.3 Å². The Morgan fingerprint density at radius 1 is 1.30 bits per heavy atom. The molecule has 2 aromatic carbocycles. The van der Waals surface area contributed by atoms with Gasteiger partial charge in [-0.1, -0.05) is 23.7 Å². The molecule has 3 N–H and O–H groups in total. The van der Waals surface area contributed by atoms with Crippen molar-refractivity contribution in [2.24, 2.45) is 0 Å². The van der Waals surface area contributed by atoms with Crippen molar-refractivity contribution in [3.63, 3.8) is 0 Å². The Labute approximate surface area is 177 Å².